The lowest BCUT2D eigenvalue weighted by molar-refractivity contribution is -0.123. The number of nitrogen functional groups attached to an aromatic ring is 1. The van der Waals surface area contributed by atoms with Crippen LogP contribution in [0.2, 0.25) is 0 Å². The fraction of sp³-hybridized carbons (Fsp3) is 0.263. The second kappa shape index (κ2) is 9.14. The molecule has 2 aromatic rings. The van der Waals surface area contributed by atoms with Gasteiger partial charge in [0.25, 0.3) is 11.8 Å². The number of hydrogen-bond acceptors (Lipinski definition) is 5. The number of nitrogens with one attached hydrogen (secondary N) is 2. The van der Waals surface area contributed by atoms with Gasteiger partial charge in [0.2, 0.25) is 0 Å². The monoisotopic (exact) mass is 391 g/mol. The van der Waals surface area contributed by atoms with E-state index in [4.69, 9.17) is 15.2 Å². The summed E-state index contributed by atoms with van der Waals surface area (Å²) in [6.07, 6.45) is 2.03. The fourth-order valence-corrected chi connectivity index (χ4v) is 2.35. The van der Waals surface area contributed by atoms with Crippen molar-refractivity contribution in [2.24, 2.45) is 0 Å². The number of hydrogen-bond donors (Lipinski definition) is 3. The Morgan fingerprint density at radius 1 is 1.11 bits per heavy atom. The maximum Gasteiger partial charge on any atom is 0.258 e. The Bertz CT molecular complexity index is 807. The van der Waals surface area contributed by atoms with E-state index in [1.165, 1.54) is 7.11 Å². The number of rotatable bonds is 7. The van der Waals surface area contributed by atoms with Crippen molar-refractivity contribution in [1.29, 1.82) is 0 Å². The molecule has 4 N–H and O–H groups in total. The summed E-state index contributed by atoms with van der Waals surface area (Å²) in [6.45, 7) is -0.109. The molecule has 0 aromatic heterocycles. The molecule has 0 radical (unpaired) electrons. The number of anilines is 2. The van der Waals surface area contributed by atoms with Gasteiger partial charge in [-0.05, 0) is 49.2 Å². The second-order valence-electron chi connectivity index (χ2n) is 6.07. The summed E-state index contributed by atoms with van der Waals surface area (Å²) in [6, 6.07) is 11.9. The van der Waals surface area contributed by atoms with E-state index in [0.29, 0.717) is 28.4 Å². The number of methoxy groups -OCH3 is 1. The van der Waals surface area contributed by atoms with Crippen molar-refractivity contribution in [2.75, 3.05) is 24.8 Å². The molecule has 1 saturated carbocycles. The van der Waals surface area contributed by atoms with Crippen molar-refractivity contribution in [1.82, 2.24) is 5.32 Å². The quantitative estimate of drug-likeness (QED) is 0.629. The third kappa shape index (κ3) is 5.79. The molecule has 0 atom stereocenters. The lowest BCUT2D eigenvalue weighted by atomic mass is 10.2. The first-order valence-electron chi connectivity index (χ1n) is 8.32. The lowest BCUT2D eigenvalue weighted by Gasteiger charge is -2.13. The van der Waals surface area contributed by atoms with Crippen LogP contribution in [-0.4, -0.2) is 31.6 Å². The topological polar surface area (TPSA) is 103 Å². The molecule has 1 aliphatic rings. The summed E-state index contributed by atoms with van der Waals surface area (Å²) >= 11 is 0. The minimum atomic E-state index is -0.271. The van der Waals surface area contributed by atoms with E-state index >= 15 is 0 Å². The molecule has 27 heavy (non-hydrogen) atoms. The van der Waals surface area contributed by atoms with Crippen LogP contribution in [0.25, 0.3) is 0 Å². The maximum absolute atomic E-state index is 12.3. The number of benzene rings is 2. The van der Waals surface area contributed by atoms with E-state index in [-0.39, 0.29) is 36.9 Å². The summed E-state index contributed by atoms with van der Waals surface area (Å²) in [5.74, 6) is 0.418. The highest BCUT2D eigenvalue weighted by Crippen LogP contribution is 2.30. The predicted molar refractivity (Wildman–Crippen MR) is 106 cm³/mol. The van der Waals surface area contributed by atoms with Gasteiger partial charge in [0.05, 0.1) is 7.11 Å². The van der Waals surface area contributed by atoms with Crippen LogP contribution >= 0.6 is 12.4 Å². The average molecular weight is 392 g/mol. The first-order chi connectivity index (χ1) is 12.5. The Hall–Kier alpha value is -2.93. The van der Waals surface area contributed by atoms with Crippen LogP contribution in [0.3, 0.4) is 0 Å². The van der Waals surface area contributed by atoms with E-state index in [0.717, 1.165) is 12.8 Å². The zero-order valence-electron chi connectivity index (χ0n) is 14.9. The third-order valence-corrected chi connectivity index (χ3v) is 3.90. The summed E-state index contributed by atoms with van der Waals surface area (Å²) in [7, 11) is 1.51. The summed E-state index contributed by atoms with van der Waals surface area (Å²) in [5.41, 5.74) is 7.24. The van der Waals surface area contributed by atoms with Crippen molar-refractivity contribution >= 4 is 35.6 Å². The average Bonchev–Trinajstić information content (AvgIpc) is 3.44. The van der Waals surface area contributed by atoms with Gasteiger partial charge in [-0.2, -0.15) is 0 Å². The Kier molecular flexibility index (Phi) is 6.90. The summed E-state index contributed by atoms with van der Waals surface area (Å²) in [5, 5.41) is 5.63. The second-order valence-corrected chi connectivity index (χ2v) is 6.07. The molecule has 2 aromatic carbocycles. The molecule has 0 aliphatic heterocycles. The first-order valence-corrected chi connectivity index (χ1v) is 8.32. The maximum atomic E-state index is 12.3. The highest BCUT2D eigenvalue weighted by molar-refractivity contribution is 6.04. The van der Waals surface area contributed by atoms with Gasteiger partial charge in [0.1, 0.15) is 0 Å². The van der Waals surface area contributed by atoms with Crippen LogP contribution in [0.5, 0.6) is 11.5 Å². The van der Waals surface area contributed by atoms with Crippen LogP contribution in [-0.2, 0) is 4.79 Å². The van der Waals surface area contributed by atoms with Crippen LogP contribution in [0.1, 0.15) is 23.2 Å². The highest BCUT2D eigenvalue weighted by atomic mass is 35.5. The minimum Gasteiger partial charge on any atom is -0.493 e. The van der Waals surface area contributed by atoms with Crippen molar-refractivity contribution in [3.8, 4) is 11.5 Å². The van der Waals surface area contributed by atoms with Gasteiger partial charge >= 0.3 is 0 Å². The zero-order chi connectivity index (χ0) is 18.5. The molecule has 2 amide bonds. The number of carbonyl (C=O) groups is 2. The van der Waals surface area contributed by atoms with Gasteiger partial charge in [-0.25, -0.2) is 0 Å². The molecule has 1 fully saturated rings. The van der Waals surface area contributed by atoms with E-state index in [1.54, 1.807) is 42.5 Å². The summed E-state index contributed by atoms with van der Waals surface area (Å²) < 4.78 is 10.8. The van der Waals surface area contributed by atoms with Gasteiger partial charge in [-0.3, -0.25) is 9.59 Å². The Morgan fingerprint density at radius 2 is 1.81 bits per heavy atom. The van der Waals surface area contributed by atoms with E-state index in [9.17, 15) is 9.59 Å². The van der Waals surface area contributed by atoms with Crippen LogP contribution in [0.15, 0.2) is 42.5 Å². The van der Waals surface area contributed by atoms with Crippen LogP contribution in [0, 0.1) is 0 Å². The molecular formula is C19H22ClN3O4. The molecule has 7 nitrogen and oxygen atoms in total. The lowest BCUT2D eigenvalue weighted by Crippen LogP contribution is -2.30. The predicted octanol–water partition coefficient (Wildman–Crippen LogP) is 2.61. The van der Waals surface area contributed by atoms with Crippen molar-refractivity contribution in [3.63, 3.8) is 0 Å². The molecule has 144 valence electrons. The molecule has 0 unspecified atom stereocenters. The van der Waals surface area contributed by atoms with Crippen molar-refractivity contribution < 1.29 is 19.1 Å². The van der Waals surface area contributed by atoms with E-state index in [1.807, 2.05) is 0 Å². The number of amides is 2. The summed E-state index contributed by atoms with van der Waals surface area (Å²) in [4.78, 5) is 24.1. The van der Waals surface area contributed by atoms with E-state index in [2.05, 4.69) is 10.6 Å². The largest absolute Gasteiger partial charge is 0.493 e. The molecule has 0 spiro atoms. The molecule has 1 aliphatic carbocycles. The normalized spacial score (nSPS) is 12.5. The Morgan fingerprint density at radius 3 is 2.44 bits per heavy atom. The minimum absolute atomic E-state index is 0. The third-order valence-electron chi connectivity index (χ3n) is 3.90. The van der Waals surface area contributed by atoms with Crippen molar-refractivity contribution in [2.45, 2.75) is 18.9 Å². The SMILES string of the molecule is COc1ccc(NC(=O)c2ccc(N)cc2)cc1OCC(=O)NC1CC1.Cl. The van der Waals surface area contributed by atoms with Crippen molar-refractivity contribution in [3.05, 3.63) is 48.0 Å². The van der Waals surface area contributed by atoms with Crippen LogP contribution in [0.4, 0.5) is 11.4 Å². The molecule has 3 rings (SSSR count). The smallest absolute Gasteiger partial charge is 0.258 e. The zero-order valence-corrected chi connectivity index (χ0v) is 15.7. The standard InChI is InChI=1S/C19H21N3O4.ClH/c1-25-16-9-8-15(22-19(24)12-2-4-13(20)5-3-12)10-17(16)26-11-18(23)21-14-6-7-14;/h2-5,8-10,14H,6-7,11,20H2,1H3,(H,21,23)(H,22,24);1H. The number of carbonyl (C=O) groups excluding carboxylic acids is 2. The number of halogens is 1. The molecule has 0 saturated heterocycles. The molecule has 0 bridgehead atoms. The number of ether oxygens (including phenoxy) is 2. The van der Waals surface area contributed by atoms with Gasteiger partial charge in [0, 0.05) is 29.0 Å². The molecule has 8 heteroatoms. The Labute approximate surface area is 163 Å². The first kappa shape index (κ1) is 20.4. The van der Waals surface area contributed by atoms with Gasteiger partial charge in [-0.1, -0.05) is 0 Å². The Balaban J connectivity index is 0.00000261. The fourth-order valence-electron chi connectivity index (χ4n) is 2.35. The number of nitrogens with two attached hydrogens (primary N) is 1. The molecular weight excluding hydrogens is 370 g/mol. The van der Waals surface area contributed by atoms with Gasteiger partial charge in [-0.15, -0.1) is 12.4 Å². The van der Waals surface area contributed by atoms with Gasteiger partial charge < -0.3 is 25.8 Å². The van der Waals surface area contributed by atoms with Gasteiger partial charge in [0.15, 0.2) is 18.1 Å². The van der Waals surface area contributed by atoms with Crippen LogP contribution < -0.4 is 25.8 Å². The highest BCUT2D eigenvalue weighted by Gasteiger charge is 2.23. The van der Waals surface area contributed by atoms with E-state index < -0.39 is 0 Å². The molecule has 0 heterocycles.